The summed E-state index contributed by atoms with van der Waals surface area (Å²) in [6.45, 7) is 0.627. The highest BCUT2D eigenvalue weighted by Gasteiger charge is 2.06. The number of benzene rings is 1. The maximum absolute atomic E-state index is 5.90. The minimum Gasteiger partial charge on any atom is -0.330 e. The van der Waals surface area contributed by atoms with Gasteiger partial charge in [0.05, 0.1) is 0 Å². The Bertz CT molecular complexity index is 250. The Labute approximate surface area is 81.1 Å². The van der Waals surface area contributed by atoms with Gasteiger partial charge in [-0.25, -0.2) is 0 Å². The zero-order valence-electron chi connectivity index (χ0n) is 6.83. The Hall–Kier alpha value is -0.380. The van der Waals surface area contributed by atoms with Crippen molar-refractivity contribution in [2.75, 3.05) is 6.54 Å². The molecule has 0 aliphatic heterocycles. The number of nitrogens with two attached hydrogens (primary N) is 2. The molecule has 1 atom stereocenters. The first kappa shape index (κ1) is 9.71. The van der Waals surface area contributed by atoms with Gasteiger partial charge in [0.1, 0.15) is 0 Å². The van der Waals surface area contributed by atoms with Crippen LogP contribution in [0.4, 0.5) is 0 Å². The average Bonchev–Trinajstić information content (AvgIpc) is 2.05. The van der Waals surface area contributed by atoms with Gasteiger partial charge < -0.3 is 11.5 Å². The second kappa shape index (κ2) is 4.60. The molecule has 0 heterocycles. The van der Waals surface area contributed by atoms with E-state index in [1.165, 1.54) is 0 Å². The monoisotopic (exact) mass is 228 g/mol. The number of rotatable bonds is 3. The standard InChI is InChI=1S/C9H13BrN2/c10-8-4-2-1-3-7(8)9(12)5-6-11/h1-4,9H,5-6,11-12H2/t9-/m1/s1. The van der Waals surface area contributed by atoms with Crippen molar-refractivity contribution in [1.29, 1.82) is 0 Å². The van der Waals surface area contributed by atoms with Crippen molar-refractivity contribution in [1.82, 2.24) is 0 Å². The first-order valence-corrected chi connectivity index (χ1v) is 4.75. The van der Waals surface area contributed by atoms with Crippen LogP contribution in [0.15, 0.2) is 28.7 Å². The molecule has 1 aromatic carbocycles. The molecule has 1 aromatic rings. The molecule has 0 amide bonds. The Morgan fingerprint density at radius 1 is 1.33 bits per heavy atom. The molecule has 1 rings (SSSR count). The first-order valence-electron chi connectivity index (χ1n) is 3.95. The molecule has 0 fully saturated rings. The Kier molecular flexibility index (Phi) is 3.72. The largest absolute Gasteiger partial charge is 0.330 e. The van der Waals surface area contributed by atoms with E-state index in [2.05, 4.69) is 15.9 Å². The normalized spacial score (nSPS) is 12.9. The Balaban J connectivity index is 2.79. The fourth-order valence-electron chi connectivity index (χ4n) is 1.11. The third-order valence-corrected chi connectivity index (χ3v) is 2.50. The van der Waals surface area contributed by atoms with Gasteiger partial charge >= 0.3 is 0 Å². The highest BCUT2D eigenvalue weighted by molar-refractivity contribution is 9.10. The zero-order valence-corrected chi connectivity index (χ0v) is 8.42. The first-order chi connectivity index (χ1) is 5.75. The van der Waals surface area contributed by atoms with Crippen LogP contribution in [0, 0.1) is 0 Å². The fraction of sp³-hybridized carbons (Fsp3) is 0.333. The van der Waals surface area contributed by atoms with Crippen molar-refractivity contribution in [3.8, 4) is 0 Å². The minimum absolute atomic E-state index is 0.0468. The molecule has 0 bridgehead atoms. The van der Waals surface area contributed by atoms with Gasteiger partial charge in [-0.3, -0.25) is 0 Å². The molecule has 0 unspecified atom stereocenters. The second-order valence-corrected chi connectivity index (χ2v) is 3.56. The summed E-state index contributed by atoms with van der Waals surface area (Å²) in [5.74, 6) is 0. The van der Waals surface area contributed by atoms with E-state index in [1.807, 2.05) is 24.3 Å². The van der Waals surface area contributed by atoms with Crippen LogP contribution in [0.5, 0.6) is 0 Å². The van der Waals surface area contributed by atoms with Gasteiger partial charge in [0.2, 0.25) is 0 Å². The molecule has 12 heavy (non-hydrogen) atoms. The molecule has 0 aromatic heterocycles. The van der Waals surface area contributed by atoms with E-state index >= 15 is 0 Å². The topological polar surface area (TPSA) is 52.0 Å². The third-order valence-electron chi connectivity index (χ3n) is 1.78. The van der Waals surface area contributed by atoms with Crippen LogP contribution < -0.4 is 11.5 Å². The van der Waals surface area contributed by atoms with Crippen LogP contribution in [0.25, 0.3) is 0 Å². The van der Waals surface area contributed by atoms with Crippen LogP contribution in [0.3, 0.4) is 0 Å². The van der Waals surface area contributed by atoms with Crippen LogP contribution in [0.2, 0.25) is 0 Å². The predicted octanol–water partition coefficient (Wildman–Crippen LogP) is 1.80. The molecule has 3 heteroatoms. The van der Waals surface area contributed by atoms with Gasteiger partial charge in [0.15, 0.2) is 0 Å². The minimum atomic E-state index is 0.0468. The molecular weight excluding hydrogens is 216 g/mol. The van der Waals surface area contributed by atoms with E-state index < -0.39 is 0 Å². The average molecular weight is 229 g/mol. The molecule has 0 aliphatic rings. The SMILES string of the molecule is NCC[C@@H](N)c1ccccc1Br. The van der Waals surface area contributed by atoms with Gasteiger partial charge in [0.25, 0.3) is 0 Å². The van der Waals surface area contributed by atoms with E-state index in [9.17, 15) is 0 Å². The number of halogens is 1. The van der Waals surface area contributed by atoms with E-state index in [0.717, 1.165) is 16.5 Å². The summed E-state index contributed by atoms with van der Waals surface area (Å²) in [6.07, 6.45) is 0.822. The summed E-state index contributed by atoms with van der Waals surface area (Å²) in [5, 5.41) is 0. The van der Waals surface area contributed by atoms with Crippen molar-refractivity contribution in [2.45, 2.75) is 12.5 Å². The highest BCUT2D eigenvalue weighted by atomic mass is 79.9. The number of hydrogen-bond donors (Lipinski definition) is 2. The molecular formula is C9H13BrN2. The lowest BCUT2D eigenvalue weighted by Gasteiger charge is -2.11. The molecule has 4 N–H and O–H groups in total. The fourth-order valence-corrected chi connectivity index (χ4v) is 1.69. The summed E-state index contributed by atoms with van der Waals surface area (Å²) in [5.41, 5.74) is 12.4. The third kappa shape index (κ3) is 2.30. The van der Waals surface area contributed by atoms with Gasteiger partial charge in [-0.05, 0) is 24.6 Å². The summed E-state index contributed by atoms with van der Waals surface area (Å²) >= 11 is 3.45. The van der Waals surface area contributed by atoms with Gasteiger partial charge in [-0.2, -0.15) is 0 Å². The molecule has 0 radical (unpaired) electrons. The summed E-state index contributed by atoms with van der Waals surface area (Å²) in [4.78, 5) is 0. The molecule has 2 nitrogen and oxygen atoms in total. The quantitative estimate of drug-likeness (QED) is 0.830. The van der Waals surface area contributed by atoms with Crippen molar-refractivity contribution < 1.29 is 0 Å². The van der Waals surface area contributed by atoms with E-state index in [0.29, 0.717) is 6.54 Å². The van der Waals surface area contributed by atoms with Crippen LogP contribution >= 0.6 is 15.9 Å². The van der Waals surface area contributed by atoms with Crippen LogP contribution in [-0.4, -0.2) is 6.54 Å². The van der Waals surface area contributed by atoms with Crippen molar-refractivity contribution in [3.63, 3.8) is 0 Å². The molecule has 0 saturated carbocycles. The lowest BCUT2D eigenvalue weighted by atomic mass is 10.1. The maximum Gasteiger partial charge on any atom is 0.0318 e. The second-order valence-electron chi connectivity index (χ2n) is 2.71. The maximum atomic E-state index is 5.90. The smallest absolute Gasteiger partial charge is 0.0318 e. The van der Waals surface area contributed by atoms with Gasteiger partial charge in [-0.15, -0.1) is 0 Å². The molecule has 0 spiro atoms. The summed E-state index contributed by atoms with van der Waals surface area (Å²) in [7, 11) is 0. The lowest BCUT2D eigenvalue weighted by molar-refractivity contribution is 0.659. The Morgan fingerprint density at radius 3 is 2.58 bits per heavy atom. The van der Waals surface area contributed by atoms with Gasteiger partial charge in [-0.1, -0.05) is 34.1 Å². The summed E-state index contributed by atoms with van der Waals surface area (Å²) in [6, 6.07) is 8.01. The molecule has 0 saturated heterocycles. The van der Waals surface area contributed by atoms with E-state index in [4.69, 9.17) is 11.5 Å². The lowest BCUT2D eigenvalue weighted by Crippen LogP contribution is -2.15. The van der Waals surface area contributed by atoms with Crippen molar-refractivity contribution >= 4 is 15.9 Å². The predicted molar refractivity (Wildman–Crippen MR) is 54.7 cm³/mol. The highest BCUT2D eigenvalue weighted by Crippen LogP contribution is 2.22. The van der Waals surface area contributed by atoms with E-state index in [1.54, 1.807) is 0 Å². The molecule has 66 valence electrons. The zero-order chi connectivity index (χ0) is 8.97. The Morgan fingerprint density at radius 2 is 2.00 bits per heavy atom. The van der Waals surface area contributed by atoms with Gasteiger partial charge in [0, 0.05) is 10.5 Å². The number of hydrogen-bond acceptors (Lipinski definition) is 2. The molecule has 0 aliphatic carbocycles. The van der Waals surface area contributed by atoms with Crippen molar-refractivity contribution in [2.24, 2.45) is 11.5 Å². The van der Waals surface area contributed by atoms with Crippen LogP contribution in [0.1, 0.15) is 18.0 Å². The van der Waals surface area contributed by atoms with Crippen LogP contribution in [-0.2, 0) is 0 Å². The van der Waals surface area contributed by atoms with E-state index in [-0.39, 0.29) is 6.04 Å². The van der Waals surface area contributed by atoms with Crippen molar-refractivity contribution in [3.05, 3.63) is 34.3 Å². The summed E-state index contributed by atoms with van der Waals surface area (Å²) < 4.78 is 1.06.